The van der Waals surface area contributed by atoms with E-state index in [2.05, 4.69) is 13.8 Å². The van der Waals surface area contributed by atoms with E-state index in [0.717, 1.165) is 36.1 Å². The van der Waals surface area contributed by atoms with E-state index < -0.39 is 0 Å². The van der Waals surface area contributed by atoms with Crippen LogP contribution in [-0.4, -0.2) is 15.9 Å². The van der Waals surface area contributed by atoms with Gasteiger partial charge in [0, 0.05) is 18.0 Å². The molecule has 4 nitrogen and oxygen atoms in total. The van der Waals surface area contributed by atoms with Crippen molar-refractivity contribution >= 4 is 5.97 Å². The summed E-state index contributed by atoms with van der Waals surface area (Å²) in [5, 5.41) is 0. The minimum absolute atomic E-state index is 0.0438. The van der Waals surface area contributed by atoms with E-state index in [1.807, 2.05) is 36.7 Å². The Kier molecular flexibility index (Phi) is 15.0. The van der Waals surface area contributed by atoms with Crippen molar-refractivity contribution in [3.8, 4) is 17.1 Å². The number of aromatic nitrogens is 2. The fraction of sp³-hybridized carbons (Fsp3) is 0.718. The molecule has 0 radical (unpaired) electrons. The lowest BCUT2D eigenvalue weighted by Crippen LogP contribution is -2.25. The minimum Gasteiger partial charge on any atom is -0.426 e. The van der Waals surface area contributed by atoms with Crippen LogP contribution in [0.2, 0.25) is 0 Å². The first-order valence-electron chi connectivity index (χ1n) is 18.3. The van der Waals surface area contributed by atoms with Crippen LogP contribution in [0.25, 0.3) is 11.4 Å². The van der Waals surface area contributed by atoms with Crippen molar-refractivity contribution < 1.29 is 9.53 Å². The van der Waals surface area contributed by atoms with Gasteiger partial charge in [-0.2, -0.15) is 0 Å². The summed E-state index contributed by atoms with van der Waals surface area (Å²) in [6.07, 6.45) is 32.9. The highest BCUT2D eigenvalue weighted by atomic mass is 16.5. The number of hydrogen-bond acceptors (Lipinski definition) is 4. The van der Waals surface area contributed by atoms with Crippen LogP contribution in [0.3, 0.4) is 0 Å². The summed E-state index contributed by atoms with van der Waals surface area (Å²) in [5.41, 5.74) is 2.25. The van der Waals surface area contributed by atoms with Gasteiger partial charge in [0.1, 0.15) is 5.75 Å². The van der Waals surface area contributed by atoms with Gasteiger partial charge in [-0.1, -0.05) is 104 Å². The zero-order valence-electron chi connectivity index (χ0n) is 27.5. The van der Waals surface area contributed by atoms with Crippen LogP contribution in [0.5, 0.6) is 5.75 Å². The predicted molar refractivity (Wildman–Crippen MR) is 179 cm³/mol. The molecule has 43 heavy (non-hydrogen) atoms. The second kappa shape index (κ2) is 19.2. The normalized spacial score (nSPS) is 22.4. The standard InChI is InChI=1S/C39H60N2O2/c1-3-5-7-9-10-12-14-16-31-17-21-33(22-18-31)36-29-40-38(41-30-36)34-25-27-37(28-26-34)43-39(42)35-23-19-32(20-24-35)15-13-11-8-6-4-2/h25-33,35H,3-24H2,1-2H3/t31-,32?,33-,35?. The van der Waals surface area contributed by atoms with E-state index in [-0.39, 0.29) is 11.9 Å². The number of unbranched alkanes of at least 4 members (excludes halogenated alkanes) is 10. The maximum absolute atomic E-state index is 12.8. The molecular weight excluding hydrogens is 528 g/mol. The van der Waals surface area contributed by atoms with Gasteiger partial charge >= 0.3 is 5.97 Å². The molecule has 0 N–H and O–H groups in total. The molecule has 2 fully saturated rings. The fourth-order valence-corrected chi connectivity index (χ4v) is 7.47. The van der Waals surface area contributed by atoms with E-state index in [0.29, 0.717) is 11.7 Å². The van der Waals surface area contributed by atoms with Gasteiger partial charge < -0.3 is 4.74 Å². The van der Waals surface area contributed by atoms with Gasteiger partial charge in [0.15, 0.2) is 5.82 Å². The lowest BCUT2D eigenvalue weighted by Gasteiger charge is -2.28. The van der Waals surface area contributed by atoms with Crippen molar-refractivity contribution in [3.05, 3.63) is 42.2 Å². The van der Waals surface area contributed by atoms with Gasteiger partial charge in [0.25, 0.3) is 0 Å². The molecule has 0 bridgehead atoms. The van der Waals surface area contributed by atoms with Crippen LogP contribution in [-0.2, 0) is 4.79 Å². The molecule has 2 aliphatic carbocycles. The van der Waals surface area contributed by atoms with Crippen LogP contribution in [0.15, 0.2) is 36.7 Å². The minimum atomic E-state index is -0.0631. The summed E-state index contributed by atoms with van der Waals surface area (Å²) >= 11 is 0. The molecule has 0 atom stereocenters. The third kappa shape index (κ3) is 11.7. The number of hydrogen-bond donors (Lipinski definition) is 0. The first-order chi connectivity index (χ1) is 21.2. The highest BCUT2D eigenvalue weighted by molar-refractivity contribution is 5.75. The van der Waals surface area contributed by atoms with Crippen LogP contribution in [0.1, 0.15) is 167 Å². The van der Waals surface area contributed by atoms with Crippen LogP contribution < -0.4 is 4.74 Å². The van der Waals surface area contributed by atoms with E-state index in [9.17, 15) is 4.79 Å². The van der Waals surface area contributed by atoms with Gasteiger partial charge in [-0.15, -0.1) is 0 Å². The molecule has 1 aromatic heterocycles. The molecular formula is C39H60N2O2. The lowest BCUT2D eigenvalue weighted by atomic mass is 9.77. The van der Waals surface area contributed by atoms with Gasteiger partial charge in [-0.3, -0.25) is 4.79 Å². The molecule has 0 amide bonds. The van der Waals surface area contributed by atoms with Crippen molar-refractivity contribution in [1.29, 1.82) is 0 Å². The first-order valence-corrected chi connectivity index (χ1v) is 18.3. The molecule has 1 heterocycles. The molecule has 4 heteroatoms. The third-order valence-corrected chi connectivity index (χ3v) is 10.4. The summed E-state index contributed by atoms with van der Waals surface area (Å²) in [4.78, 5) is 22.3. The molecule has 238 valence electrons. The van der Waals surface area contributed by atoms with Crippen molar-refractivity contribution in [1.82, 2.24) is 9.97 Å². The molecule has 2 saturated carbocycles. The smallest absolute Gasteiger partial charge is 0.314 e. The highest BCUT2D eigenvalue weighted by Crippen LogP contribution is 2.38. The Hall–Kier alpha value is -2.23. The van der Waals surface area contributed by atoms with Crippen LogP contribution in [0.4, 0.5) is 0 Å². The van der Waals surface area contributed by atoms with Gasteiger partial charge in [0.2, 0.25) is 0 Å². The summed E-state index contributed by atoms with van der Waals surface area (Å²) in [6.45, 7) is 4.56. The van der Waals surface area contributed by atoms with E-state index >= 15 is 0 Å². The Morgan fingerprint density at radius 1 is 0.651 bits per heavy atom. The van der Waals surface area contributed by atoms with Crippen LogP contribution >= 0.6 is 0 Å². The topological polar surface area (TPSA) is 52.1 Å². The van der Waals surface area contributed by atoms with E-state index in [4.69, 9.17) is 14.7 Å². The summed E-state index contributed by atoms with van der Waals surface area (Å²) in [5.74, 6) is 3.65. The Morgan fingerprint density at radius 2 is 1.14 bits per heavy atom. The van der Waals surface area contributed by atoms with E-state index in [1.165, 1.54) is 134 Å². The third-order valence-electron chi connectivity index (χ3n) is 10.4. The van der Waals surface area contributed by atoms with Crippen molar-refractivity contribution in [2.75, 3.05) is 0 Å². The largest absolute Gasteiger partial charge is 0.426 e. The second-order valence-electron chi connectivity index (χ2n) is 13.8. The van der Waals surface area contributed by atoms with Gasteiger partial charge in [-0.25, -0.2) is 9.97 Å². The predicted octanol–water partition coefficient (Wildman–Crippen LogP) is 11.6. The monoisotopic (exact) mass is 588 g/mol. The number of benzene rings is 1. The average Bonchev–Trinajstić information content (AvgIpc) is 3.05. The molecule has 0 unspecified atom stereocenters. The number of carbonyl (C=O) groups is 1. The first kappa shape index (κ1) is 33.7. The molecule has 0 aliphatic heterocycles. The van der Waals surface area contributed by atoms with Crippen molar-refractivity contribution in [2.24, 2.45) is 17.8 Å². The average molecular weight is 589 g/mol. The molecule has 0 saturated heterocycles. The zero-order chi connectivity index (χ0) is 30.1. The number of esters is 1. The maximum Gasteiger partial charge on any atom is 0.314 e. The van der Waals surface area contributed by atoms with Crippen molar-refractivity contribution in [2.45, 2.75) is 161 Å². The highest BCUT2D eigenvalue weighted by Gasteiger charge is 2.27. The van der Waals surface area contributed by atoms with Crippen molar-refractivity contribution in [3.63, 3.8) is 0 Å². The van der Waals surface area contributed by atoms with Crippen LogP contribution in [0, 0.1) is 17.8 Å². The Bertz CT molecular complexity index is 1020. The Balaban J connectivity index is 1.14. The summed E-state index contributed by atoms with van der Waals surface area (Å²) < 4.78 is 5.78. The van der Waals surface area contributed by atoms with E-state index in [1.54, 1.807) is 0 Å². The number of ether oxygens (including phenoxy) is 1. The quantitative estimate of drug-likeness (QED) is 0.0987. The number of carbonyl (C=O) groups excluding carboxylic acids is 1. The maximum atomic E-state index is 12.8. The molecule has 4 rings (SSSR count). The summed E-state index contributed by atoms with van der Waals surface area (Å²) in [6, 6.07) is 7.72. The SMILES string of the molecule is CCCCCCCCC[C@H]1CC[C@H](c2cnc(-c3ccc(OC(=O)C4CCC(CCCCCCC)CC4)cc3)nc2)CC1. The Morgan fingerprint density at radius 3 is 1.67 bits per heavy atom. The zero-order valence-corrected chi connectivity index (χ0v) is 27.5. The second-order valence-corrected chi connectivity index (χ2v) is 13.8. The molecule has 0 spiro atoms. The Labute approximate surface area is 263 Å². The molecule has 2 aromatic rings. The molecule has 2 aliphatic rings. The lowest BCUT2D eigenvalue weighted by molar-refractivity contribution is -0.140. The fourth-order valence-electron chi connectivity index (χ4n) is 7.47. The molecule has 1 aromatic carbocycles. The van der Waals surface area contributed by atoms with Gasteiger partial charge in [0.05, 0.1) is 5.92 Å². The number of rotatable bonds is 18. The summed E-state index contributed by atoms with van der Waals surface area (Å²) in [7, 11) is 0. The number of nitrogens with zero attached hydrogens (tertiary/aromatic N) is 2. The van der Waals surface area contributed by atoms with Gasteiger partial charge in [-0.05, 0) is 98.9 Å².